The van der Waals surface area contributed by atoms with Crippen molar-refractivity contribution in [2.24, 2.45) is 0 Å². The maximum Gasteiger partial charge on any atom is 0.217 e. The van der Waals surface area contributed by atoms with E-state index in [1.165, 1.54) is 0 Å². The molecule has 0 amide bonds. The van der Waals surface area contributed by atoms with Crippen LogP contribution in [0.5, 0.6) is 5.88 Å². The summed E-state index contributed by atoms with van der Waals surface area (Å²) >= 11 is 3.15. The highest BCUT2D eigenvalue weighted by atomic mass is 79.9. The maximum absolute atomic E-state index is 5.31. The van der Waals surface area contributed by atoms with Gasteiger partial charge in [0.2, 0.25) is 5.88 Å². The molecule has 1 heterocycles. The Morgan fingerprint density at radius 2 is 2.27 bits per heavy atom. The second-order valence-electron chi connectivity index (χ2n) is 2.33. The minimum atomic E-state index is 0.150. The Kier molecular flexibility index (Phi) is 2.82. The van der Waals surface area contributed by atoms with Crippen LogP contribution in [0.25, 0.3) is 0 Å². The molecular formula is C7H9BrN2O. The molecule has 0 unspecified atom stereocenters. The van der Waals surface area contributed by atoms with Crippen molar-refractivity contribution in [2.45, 2.75) is 20.0 Å². The number of hydrogen-bond donors (Lipinski definition) is 0. The van der Waals surface area contributed by atoms with E-state index in [9.17, 15) is 0 Å². The Morgan fingerprint density at radius 1 is 1.55 bits per heavy atom. The first-order chi connectivity index (χ1) is 5.18. The van der Waals surface area contributed by atoms with Gasteiger partial charge in [-0.15, -0.1) is 0 Å². The molecule has 0 aromatic carbocycles. The summed E-state index contributed by atoms with van der Waals surface area (Å²) in [6.07, 6.45) is 1.80. The summed E-state index contributed by atoms with van der Waals surface area (Å²) in [6.45, 7) is 3.91. The topological polar surface area (TPSA) is 35.0 Å². The van der Waals surface area contributed by atoms with Gasteiger partial charge in [0.1, 0.15) is 0 Å². The molecule has 11 heavy (non-hydrogen) atoms. The summed E-state index contributed by atoms with van der Waals surface area (Å²) in [5.41, 5.74) is 0. The molecule has 0 atom stereocenters. The highest BCUT2D eigenvalue weighted by molar-refractivity contribution is 9.10. The summed E-state index contributed by atoms with van der Waals surface area (Å²) in [5, 5.41) is 0. The van der Waals surface area contributed by atoms with E-state index < -0.39 is 0 Å². The Morgan fingerprint density at radius 3 is 2.82 bits per heavy atom. The molecule has 0 aliphatic heterocycles. The van der Waals surface area contributed by atoms with Crippen LogP contribution >= 0.6 is 15.9 Å². The molecule has 0 saturated carbocycles. The first-order valence-electron chi connectivity index (χ1n) is 3.33. The number of halogens is 1. The van der Waals surface area contributed by atoms with E-state index in [2.05, 4.69) is 25.9 Å². The third-order valence-corrected chi connectivity index (χ3v) is 1.34. The normalized spacial score (nSPS) is 10.2. The maximum atomic E-state index is 5.31. The van der Waals surface area contributed by atoms with Crippen LogP contribution in [0.4, 0.5) is 0 Å². The number of hydrogen-bond acceptors (Lipinski definition) is 3. The zero-order chi connectivity index (χ0) is 8.27. The zero-order valence-corrected chi connectivity index (χ0v) is 8.00. The quantitative estimate of drug-likeness (QED) is 0.711. The fraction of sp³-hybridized carbons (Fsp3) is 0.429. The molecule has 1 aromatic heterocycles. The predicted octanol–water partition coefficient (Wildman–Crippen LogP) is 2.03. The largest absolute Gasteiger partial charge is 0.475 e. The lowest BCUT2D eigenvalue weighted by Crippen LogP contribution is -2.06. The highest BCUT2D eigenvalue weighted by Gasteiger charge is 1.98. The Bertz CT molecular complexity index is 240. The molecule has 0 N–H and O–H groups in total. The molecule has 0 aliphatic rings. The number of ether oxygens (including phenoxy) is 1. The monoisotopic (exact) mass is 216 g/mol. The summed E-state index contributed by atoms with van der Waals surface area (Å²) in [5.74, 6) is 0.599. The summed E-state index contributed by atoms with van der Waals surface area (Å²) in [6, 6.07) is 1.73. The van der Waals surface area contributed by atoms with Crippen LogP contribution < -0.4 is 4.74 Å². The van der Waals surface area contributed by atoms with Gasteiger partial charge in [-0.1, -0.05) is 0 Å². The third kappa shape index (κ3) is 2.84. The van der Waals surface area contributed by atoms with Crippen molar-refractivity contribution in [3.05, 3.63) is 17.0 Å². The summed E-state index contributed by atoms with van der Waals surface area (Å²) in [4.78, 5) is 7.87. The van der Waals surface area contributed by atoms with Crippen molar-refractivity contribution in [3.63, 3.8) is 0 Å². The van der Waals surface area contributed by atoms with Crippen LogP contribution in [0, 0.1) is 0 Å². The van der Waals surface area contributed by atoms with Crippen molar-refractivity contribution in [2.75, 3.05) is 0 Å². The second-order valence-corrected chi connectivity index (χ2v) is 3.04. The van der Waals surface area contributed by atoms with Crippen LogP contribution in [0.15, 0.2) is 17.0 Å². The van der Waals surface area contributed by atoms with Crippen LogP contribution in [-0.2, 0) is 0 Å². The van der Waals surface area contributed by atoms with Crippen molar-refractivity contribution in [1.82, 2.24) is 9.97 Å². The summed E-state index contributed by atoms with van der Waals surface area (Å²) in [7, 11) is 0. The summed E-state index contributed by atoms with van der Waals surface area (Å²) < 4.78 is 5.87. The minimum absolute atomic E-state index is 0.150. The van der Waals surface area contributed by atoms with Crippen molar-refractivity contribution in [3.8, 4) is 5.88 Å². The van der Waals surface area contributed by atoms with Gasteiger partial charge >= 0.3 is 0 Å². The number of nitrogens with zero attached hydrogens (tertiary/aromatic N) is 2. The lowest BCUT2D eigenvalue weighted by atomic mass is 10.5. The zero-order valence-electron chi connectivity index (χ0n) is 6.41. The van der Waals surface area contributed by atoms with Crippen molar-refractivity contribution >= 4 is 15.9 Å². The fourth-order valence-electron chi connectivity index (χ4n) is 0.627. The van der Waals surface area contributed by atoms with Gasteiger partial charge in [-0.25, -0.2) is 4.98 Å². The van der Waals surface area contributed by atoms with E-state index in [4.69, 9.17) is 4.74 Å². The lowest BCUT2D eigenvalue weighted by molar-refractivity contribution is 0.231. The molecule has 0 fully saturated rings. The fourth-order valence-corrected chi connectivity index (χ4v) is 0.920. The molecule has 1 rings (SSSR count). The van der Waals surface area contributed by atoms with Gasteiger partial charge in [-0.05, 0) is 29.8 Å². The highest BCUT2D eigenvalue weighted by Crippen LogP contribution is 2.10. The van der Waals surface area contributed by atoms with Gasteiger partial charge < -0.3 is 4.74 Å². The number of rotatable bonds is 2. The smallest absolute Gasteiger partial charge is 0.217 e. The molecule has 0 spiro atoms. The van der Waals surface area contributed by atoms with Gasteiger partial charge in [-0.3, -0.25) is 0 Å². The lowest BCUT2D eigenvalue weighted by Gasteiger charge is -2.07. The molecule has 0 saturated heterocycles. The average molecular weight is 217 g/mol. The van der Waals surface area contributed by atoms with E-state index in [1.807, 2.05) is 13.8 Å². The molecular weight excluding hydrogens is 208 g/mol. The molecule has 1 aromatic rings. The van der Waals surface area contributed by atoms with Gasteiger partial charge in [-0.2, -0.15) is 4.98 Å². The Labute approximate surface area is 73.9 Å². The molecule has 0 bridgehead atoms. The molecule has 60 valence electrons. The van der Waals surface area contributed by atoms with Crippen LogP contribution in [0.2, 0.25) is 0 Å². The average Bonchev–Trinajstić information content (AvgIpc) is 1.85. The Balaban J connectivity index is 2.71. The molecule has 0 aliphatic carbocycles. The van der Waals surface area contributed by atoms with E-state index in [0.717, 1.165) is 0 Å². The van der Waals surface area contributed by atoms with Crippen molar-refractivity contribution in [1.29, 1.82) is 0 Å². The minimum Gasteiger partial charge on any atom is -0.475 e. The van der Waals surface area contributed by atoms with Gasteiger partial charge in [0, 0.05) is 12.3 Å². The second kappa shape index (κ2) is 3.67. The van der Waals surface area contributed by atoms with Gasteiger partial charge in [0.05, 0.1) is 6.10 Å². The molecule has 3 nitrogen and oxygen atoms in total. The SMILES string of the molecule is CC(C)Oc1ccnc(Br)n1. The molecule has 0 radical (unpaired) electrons. The van der Waals surface area contributed by atoms with Crippen molar-refractivity contribution < 1.29 is 4.74 Å². The van der Waals surface area contributed by atoms with E-state index >= 15 is 0 Å². The Hall–Kier alpha value is -0.640. The van der Waals surface area contributed by atoms with E-state index in [1.54, 1.807) is 12.3 Å². The standard InChI is InChI=1S/C7H9BrN2O/c1-5(2)11-6-3-4-9-7(8)10-6/h3-5H,1-2H3. The van der Waals surface area contributed by atoms with E-state index in [-0.39, 0.29) is 6.10 Å². The van der Waals surface area contributed by atoms with E-state index in [0.29, 0.717) is 10.6 Å². The van der Waals surface area contributed by atoms with Gasteiger partial charge in [0.25, 0.3) is 0 Å². The van der Waals surface area contributed by atoms with Crippen LogP contribution in [0.3, 0.4) is 0 Å². The predicted molar refractivity (Wildman–Crippen MR) is 45.5 cm³/mol. The van der Waals surface area contributed by atoms with Gasteiger partial charge in [0.15, 0.2) is 4.73 Å². The third-order valence-electron chi connectivity index (χ3n) is 0.957. The molecule has 4 heteroatoms. The first-order valence-corrected chi connectivity index (χ1v) is 4.13. The first kappa shape index (κ1) is 8.46. The van der Waals surface area contributed by atoms with Crippen LogP contribution in [-0.4, -0.2) is 16.1 Å². The number of aromatic nitrogens is 2. The van der Waals surface area contributed by atoms with Crippen LogP contribution in [0.1, 0.15) is 13.8 Å².